The van der Waals surface area contributed by atoms with Crippen LogP contribution in [-0.4, -0.2) is 14.9 Å². The number of hydrogen-bond donors (Lipinski definition) is 1. The van der Waals surface area contributed by atoms with E-state index < -0.39 is 0 Å². The van der Waals surface area contributed by atoms with E-state index >= 15 is 0 Å². The van der Waals surface area contributed by atoms with Gasteiger partial charge in [0, 0.05) is 11.3 Å². The van der Waals surface area contributed by atoms with Gasteiger partial charge in [-0.25, -0.2) is 4.68 Å². The summed E-state index contributed by atoms with van der Waals surface area (Å²) in [7, 11) is 0. The number of aliphatic hydroxyl groups excluding tert-OH is 1. The summed E-state index contributed by atoms with van der Waals surface area (Å²) < 4.78 is 1.89. The highest BCUT2D eigenvalue weighted by molar-refractivity contribution is 5.39. The minimum Gasteiger partial charge on any atom is -0.392 e. The van der Waals surface area contributed by atoms with Gasteiger partial charge in [-0.05, 0) is 37.5 Å². The van der Waals surface area contributed by atoms with Gasteiger partial charge in [0.1, 0.15) is 0 Å². The first-order chi connectivity index (χ1) is 8.54. The zero-order valence-electron chi connectivity index (χ0n) is 11.4. The molecule has 0 fully saturated rings. The molecule has 0 aliphatic heterocycles. The molecule has 0 aliphatic rings. The Labute approximate surface area is 108 Å². The van der Waals surface area contributed by atoms with Crippen LogP contribution in [0.25, 0.3) is 5.69 Å². The summed E-state index contributed by atoms with van der Waals surface area (Å²) in [6.07, 6.45) is 0. The molecule has 0 amide bonds. The molecule has 0 spiro atoms. The van der Waals surface area contributed by atoms with Crippen LogP contribution in [0.3, 0.4) is 0 Å². The normalized spacial score (nSPS) is 11.2. The van der Waals surface area contributed by atoms with Crippen LogP contribution in [-0.2, 0) is 6.61 Å². The van der Waals surface area contributed by atoms with Gasteiger partial charge in [0.05, 0.1) is 18.0 Å². The van der Waals surface area contributed by atoms with E-state index in [0.29, 0.717) is 5.92 Å². The lowest BCUT2D eigenvalue weighted by atomic mass is 10.0. The van der Waals surface area contributed by atoms with Crippen molar-refractivity contribution < 1.29 is 5.11 Å². The molecule has 18 heavy (non-hydrogen) atoms. The van der Waals surface area contributed by atoms with Crippen LogP contribution < -0.4 is 0 Å². The zero-order valence-corrected chi connectivity index (χ0v) is 11.4. The van der Waals surface area contributed by atoms with Gasteiger partial charge < -0.3 is 5.11 Å². The fourth-order valence-electron chi connectivity index (χ4n) is 2.16. The molecule has 0 aliphatic carbocycles. The molecule has 1 aromatic heterocycles. The molecule has 1 aromatic carbocycles. The van der Waals surface area contributed by atoms with Crippen LogP contribution in [0.1, 0.15) is 42.3 Å². The van der Waals surface area contributed by atoms with Crippen molar-refractivity contribution in [3.05, 3.63) is 46.8 Å². The SMILES string of the molecule is Cc1nn(-c2ccc(C(C)C)cc2)c(C)c1CO. The molecule has 2 aromatic rings. The second kappa shape index (κ2) is 4.94. The van der Waals surface area contributed by atoms with Crippen molar-refractivity contribution in [2.45, 2.75) is 40.2 Å². The minimum atomic E-state index is 0.0434. The maximum atomic E-state index is 9.32. The predicted molar refractivity (Wildman–Crippen MR) is 73.0 cm³/mol. The number of hydrogen-bond acceptors (Lipinski definition) is 2. The lowest BCUT2D eigenvalue weighted by Crippen LogP contribution is -2.00. The van der Waals surface area contributed by atoms with E-state index in [1.807, 2.05) is 18.5 Å². The Balaban J connectivity index is 2.43. The summed E-state index contributed by atoms with van der Waals surface area (Å²) in [4.78, 5) is 0. The molecule has 3 heteroatoms. The molecule has 0 radical (unpaired) electrons. The lowest BCUT2D eigenvalue weighted by Gasteiger charge is -2.08. The molecule has 0 atom stereocenters. The Bertz CT molecular complexity index is 538. The van der Waals surface area contributed by atoms with E-state index in [1.54, 1.807) is 0 Å². The Morgan fingerprint density at radius 3 is 2.22 bits per heavy atom. The van der Waals surface area contributed by atoms with Gasteiger partial charge in [-0.1, -0.05) is 26.0 Å². The van der Waals surface area contributed by atoms with E-state index in [2.05, 4.69) is 43.2 Å². The fraction of sp³-hybridized carbons (Fsp3) is 0.400. The number of benzene rings is 1. The molecular formula is C15H20N2O. The largest absolute Gasteiger partial charge is 0.392 e. The summed E-state index contributed by atoms with van der Waals surface area (Å²) >= 11 is 0. The number of aromatic nitrogens is 2. The van der Waals surface area contributed by atoms with Crippen LogP contribution >= 0.6 is 0 Å². The summed E-state index contributed by atoms with van der Waals surface area (Å²) in [5.41, 5.74) is 5.18. The summed E-state index contributed by atoms with van der Waals surface area (Å²) in [5.74, 6) is 0.535. The molecular weight excluding hydrogens is 224 g/mol. The highest BCUT2D eigenvalue weighted by Crippen LogP contribution is 2.20. The third kappa shape index (κ3) is 2.18. The Hall–Kier alpha value is -1.61. The number of rotatable bonds is 3. The molecule has 3 nitrogen and oxygen atoms in total. The third-order valence-electron chi connectivity index (χ3n) is 3.40. The molecule has 1 N–H and O–H groups in total. The summed E-state index contributed by atoms with van der Waals surface area (Å²) in [5, 5.41) is 13.8. The summed E-state index contributed by atoms with van der Waals surface area (Å²) in [6.45, 7) is 8.32. The molecule has 2 rings (SSSR count). The molecule has 0 bridgehead atoms. The highest BCUT2D eigenvalue weighted by Gasteiger charge is 2.11. The van der Waals surface area contributed by atoms with E-state index in [0.717, 1.165) is 22.6 Å². The fourth-order valence-corrected chi connectivity index (χ4v) is 2.16. The van der Waals surface area contributed by atoms with Crippen LogP contribution in [0.2, 0.25) is 0 Å². The lowest BCUT2D eigenvalue weighted by molar-refractivity contribution is 0.280. The monoisotopic (exact) mass is 244 g/mol. The van der Waals surface area contributed by atoms with Crippen molar-refractivity contribution in [3.63, 3.8) is 0 Å². The van der Waals surface area contributed by atoms with Crippen molar-refractivity contribution in [3.8, 4) is 5.69 Å². The van der Waals surface area contributed by atoms with Gasteiger partial charge in [0.2, 0.25) is 0 Å². The Morgan fingerprint density at radius 2 is 1.78 bits per heavy atom. The van der Waals surface area contributed by atoms with Crippen LogP contribution in [0.4, 0.5) is 0 Å². The van der Waals surface area contributed by atoms with Crippen molar-refractivity contribution >= 4 is 0 Å². The van der Waals surface area contributed by atoms with Gasteiger partial charge in [-0.3, -0.25) is 0 Å². The predicted octanol–water partition coefficient (Wildman–Crippen LogP) is 3.10. The van der Waals surface area contributed by atoms with Crippen LogP contribution in [0.15, 0.2) is 24.3 Å². The molecule has 96 valence electrons. The van der Waals surface area contributed by atoms with E-state index in [9.17, 15) is 5.11 Å². The highest BCUT2D eigenvalue weighted by atomic mass is 16.3. The van der Waals surface area contributed by atoms with E-state index in [4.69, 9.17) is 0 Å². The van der Waals surface area contributed by atoms with Crippen LogP contribution in [0, 0.1) is 13.8 Å². The molecule has 1 heterocycles. The average Bonchev–Trinajstić information content (AvgIpc) is 2.64. The molecule has 0 saturated carbocycles. The van der Waals surface area contributed by atoms with Crippen LogP contribution in [0.5, 0.6) is 0 Å². The number of aryl methyl sites for hydroxylation is 1. The summed E-state index contributed by atoms with van der Waals surface area (Å²) in [6, 6.07) is 8.43. The van der Waals surface area contributed by atoms with E-state index in [-0.39, 0.29) is 6.61 Å². The van der Waals surface area contributed by atoms with Gasteiger partial charge in [-0.2, -0.15) is 5.10 Å². The van der Waals surface area contributed by atoms with Crippen molar-refractivity contribution in [1.29, 1.82) is 0 Å². The molecule has 0 saturated heterocycles. The minimum absolute atomic E-state index is 0.0434. The van der Waals surface area contributed by atoms with E-state index in [1.165, 1.54) is 5.56 Å². The smallest absolute Gasteiger partial charge is 0.0718 e. The quantitative estimate of drug-likeness (QED) is 0.901. The standard InChI is InChI=1S/C15H20N2O/c1-10(2)13-5-7-14(8-6-13)17-12(4)15(9-18)11(3)16-17/h5-8,10,18H,9H2,1-4H3. The first-order valence-corrected chi connectivity index (χ1v) is 6.31. The van der Waals surface area contributed by atoms with Gasteiger partial charge in [0.25, 0.3) is 0 Å². The van der Waals surface area contributed by atoms with Gasteiger partial charge in [0.15, 0.2) is 0 Å². The maximum absolute atomic E-state index is 9.32. The van der Waals surface area contributed by atoms with Crippen molar-refractivity contribution in [2.75, 3.05) is 0 Å². The zero-order chi connectivity index (χ0) is 13.3. The second-order valence-corrected chi connectivity index (χ2v) is 4.97. The number of aliphatic hydroxyl groups is 1. The van der Waals surface area contributed by atoms with Gasteiger partial charge in [-0.15, -0.1) is 0 Å². The number of nitrogens with zero attached hydrogens (tertiary/aromatic N) is 2. The average molecular weight is 244 g/mol. The first-order valence-electron chi connectivity index (χ1n) is 6.31. The van der Waals surface area contributed by atoms with Crippen molar-refractivity contribution in [1.82, 2.24) is 9.78 Å². The third-order valence-corrected chi connectivity index (χ3v) is 3.40. The van der Waals surface area contributed by atoms with Crippen molar-refractivity contribution in [2.24, 2.45) is 0 Å². The Morgan fingerprint density at radius 1 is 1.17 bits per heavy atom. The first kappa shape index (κ1) is 12.8. The molecule has 0 unspecified atom stereocenters. The van der Waals surface area contributed by atoms with Gasteiger partial charge >= 0.3 is 0 Å². The topological polar surface area (TPSA) is 38.0 Å². The maximum Gasteiger partial charge on any atom is 0.0718 e. The second-order valence-electron chi connectivity index (χ2n) is 4.97. The Kier molecular flexibility index (Phi) is 3.53.